The second kappa shape index (κ2) is 10.3. The second-order valence-electron chi connectivity index (χ2n) is 8.58. The SMILES string of the molecule is C=CC(=O)N1CC[C@H](N(C)c2ccc3ncnc(Nc4ccc(OCc5nnnn5C)c(Cl)c4)c3n2)C1. The fourth-order valence-electron chi connectivity index (χ4n) is 4.14. The van der Waals surface area contributed by atoms with Gasteiger partial charge in [-0.3, -0.25) is 4.79 Å². The molecule has 1 saturated heterocycles. The summed E-state index contributed by atoms with van der Waals surface area (Å²) in [7, 11) is 3.72. The fraction of sp³-hybridized carbons (Fsp3) is 0.292. The van der Waals surface area contributed by atoms with Crippen LogP contribution in [0.15, 0.2) is 49.3 Å². The van der Waals surface area contributed by atoms with Gasteiger partial charge in [0.2, 0.25) is 5.91 Å². The lowest BCUT2D eigenvalue weighted by Gasteiger charge is -2.26. The Kier molecular flexibility index (Phi) is 6.82. The quantitative estimate of drug-likeness (QED) is 0.346. The van der Waals surface area contributed by atoms with E-state index in [9.17, 15) is 4.79 Å². The van der Waals surface area contributed by atoms with Gasteiger partial charge in [-0.25, -0.2) is 19.6 Å². The normalized spacial score (nSPS) is 15.1. The third-order valence-electron chi connectivity index (χ3n) is 6.29. The molecule has 0 unspecified atom stereocenters. The minimum Gasteiger partial charge on any atom is -0.484 e. The van der Waals surface area contributed by atoms with Gasteiger partial charge >= 0.3 is 0 Å². The number of anilines is 3. The number of ether oxygens (including phenoxy) is 1. The summed E-state index contributed by atoms with van der Waals surface area (Å²) in [4.78, 5) is 29.5. The van der Waals surface area contributed by atoms with Crippen LogP contribution in [0.5, 0.6) is 5.75 Å². The zero-order valence-electron chi connectivity index (χ0n) is 20.4. The van der Waals surface area contributed by atoms with Gasteiger partial charge in [0.05, 0.1) is 10.5 Å². The van der Waals surface area contributed by atoms with E-state index in [2.05, 4.69) is 42.3 Å². The number of halogens is 1. The lowest BCUT2D eigenvalue weighted by atomic mass is 10.2. The minimum absolute atomic E-state index is 0.0528. The van der Waals surface area contributed by atoms with Gasteiger partial charge in [0.15, 0.2) is 11.6 Å². The summed E-state index contributed by atoms with van der Waals surface area (Å²) >= 11 is 6.47. The van der Waals surface area contributed by atoms with E-state index < -0.39 is 0 Å². The first kappa shape index (κ1) is 24.4. The predicted molar refractivity (Wildman–Crippen MR) is 139 cm³/mol. The van der Waals surface area contributed by atoms with E-state index >= 15 is 0 Å². The van der Waals surface area contributed by atoms with Crippen molar-refractivity contribution >= 4 is 45.9 Å². The largest absolute Gasteiger partial charge is 0.484 e. The highest BCUT2D eigenvalue weighted by molar-refractivity contribution is 6.32. The molecule has 3 aromatic heterocycles. The highest BCUT2D eigenvalue weighted by atomic mass is 35.5. The number of hydrogen-bond donors (Lipinski definition) is 1. The molecular formula is C24H25ClN10O2. The molecule has 5 rings (SSSR count). The van der Waals surface area contributed by atoms with Crippen molar-refractivity contribution in [2.24, 2.45) is 7.05 Å². The van der Waals surface area contributed by atoms with Crippen LogP contribution < -0.4 is 15.0 Å². The molecule has 1 aliphatic heterocycles. The van der Waals surface area contributed by atoms with E-state index in [0.29, 0.717) is 52.2 Å². The number of carbonyl (C=O) groups excluding carboxylic acids is 1. The number of fused-ring (bicyclic) bond motifs is 1. The van der Waals surface area contributed by atoms with Crippen LogP contribution >= 0.6 is 11.6 Å². The topological polar surface area (TPSA) is 127 Å². The van der Waals surface area contributed by atoms with Crippen molar-refractivity contribution in [1.82, 2.24) is 40.1 Å². The Morgan fingerprint density at radius 1 is 1.32 bits per heavy atom. The van der Waals surface area contributed by atoms with Crippen LogP contribution in [-0.4, -0.2) is 72.1 Å². The zero-order chi connectivity index (χ0) is 25.9. The number of likely N-dealkylation sites (tertiary alicyclic amines) is 1. The van der Waals surface area contributed by atoms with Gasteiger partial charge in [-0.1, -0.05) is 18.2 Å². The van der Waals surface area contributed by atoms with Crippen molar-refractivity contribution in [2.75, 3.05) is 30.4 Å². The molecule has 4 aromatic rings. The molecule has 1 atom stereocenters. The summed E-state index contributed by atoms with van der Waals surface area (Å²) in [6, 6.07) is 9.34. The number of rotatable bonds is 8. The van der Waals surface area contributed by atoms with E-state index in [1.54, 1.807) is 24.1 Å². The van der Waals surface area contributed by atoms with E-state index in [4.69, 9.17) is 21.3 Å². The van der Waals surface area contributed by atoms with Gasteiger partial charge in [-0.05, 0) is 53.3 Å². The van der Waals surface area contributed by atoms with Crippen LogP contribution in [-0.2, 0) is 18.4 Å². The van der Waals surface area contributed by atoms with Gasteiger partial charge < -0.3 is 19.9 Å². The van der Waals surface area contributed by atoms with Crippen LogP contribution in [0.2, 0.25) is 5.02 Å². The highest BCUT2D eigenvalue weighted by Gasteiger charge is 2.28. The Bertz CT molecular complexity index is 1460. The molecule has 1 amide bonds. The molecule has 0 spiro atoms. The number of benzene rings is 1. The molecule has 0 bridgehead atoms. The standard InChI is InChI=1S/C24H25ClN10O2/c1-4-22(36)35-10-9-16(12-35)33(2)20-8-6-18-23(29-20)24(27-14-26-18)28-15-5-7-19(17(25)11-15)37-13-21-30-31-32-34(21)3/h4-8,11,14,16H,1,9-10,12-13H2,2-3H3,(H,26,27,28)/t16-/m0/s1. The molecule has 4 heterocycles. The minimum atomic E-state index is -0.0528. The van der Waals surface area contributed by atoms with Crippen molar-refractivity contribution in [3.8, 4) is 5.75 Å². The average molecular weight is 521 g/mol. The number of nitrogens with zero attached hydrogens (tertiary/aromatic N) is 9. The molecular weight excluding hydrogens is 496 g/mol. The summed E-state index contributed by atoms with van der Waals surface area (Å²) < 4.78 is 7.30. The number of aryl methyl sites for hydroxylation is 1. The average Bonchev–Trinajstić information content (AvgIpc) is 3.57. The van der Waals surface area contributed by atoms with Crippen LogP contribution in [0.1, 0.15) is 12.2 Å². The number of aromatic nitrogens is 7. The first-order valence-electron chi connectivity index (χ1n) is 11.6. The lowest BCUT2D eigenvalue weighted by molar-refractivity contribution is -0.125. The maximum atomic E-state index is 12.0. The lowest BCUT2D eigenvalue weighted by Crippen LogP contribution is -2.36. The predicted octanol–water partition coefficient (Wildman–Crippen LogP) is 2.75. The third-order valence-corrected chi connectivity index (χ3v) is 6.58. The smallest absolute Gasteiger partial charge is 0.246 e. The van der Waals surface area contributed by atoms with Gasteiger partial charge in [0.1, 0.15) is 30.0 Å². The highest BCUT2D eigenvalue weighted by Crippen LogP contribution is 2.31. The van der Waals surface area contributed by atoms with Crippen molar-refractivity contribution < 1.29 is 9.53 Å². The Balaban J connectivity index is 1.33. The monoisotopic (exact) mass is 520 g/mol. The summed E-state index contributed by atoms with van der Waals surface area (Å²) in [6.45, 7) is 5.09. The van der Waals surface area contributed by atoms with Crippen LogP contribution in [0, 0.1) is 0 Å². The van der Waals surface area contributed by atoms with Gasteiger partial charge in [0, 0.05) is 38.9 Å². The third kappa shape index (κ3) is 5.14. The summed E-state index contributed by atoms with van der Waals surface area (Å²) in [6.07, 6.45) is 3.69. The van der Waals surface area contributed by atoms with Crippen LogP contribution in [0.25, 0.3) is 11.0 Å². The number of likely N-dealkylation sites (N-methyl/N-ethyl adjacent to an activating group) is 1. The Morgan fingerprint density at radius 2 is 2.19 bits per heavy atom. The number of nitrogens with one attached hydrogen (secondary N) is 1. The Morgan fingerprint density at radius 3 is 2.95 bits per heavy atom. The zero-order valence-corrected chi connectivity index (χ0v) is 21.1. The maximum Gasteiger partial charge on any atom is 0.246 e. The molecule has 12 nitrogen and oxygen atoms in total. The first-order chi connectivity index (χ1) is 17.9. The second-order valence-corrected chi connectivity index (χ2v) is 8.99. The molecule has 1 N–H and O–H groups in total. The van der Waals surface area contributed by atoms with Crippen molar-refractivity contribution in [3.05, 3.63) is 60.2 Å². The molecule has 190 valence electrons. The number of pyridine rings is 1. The van der Waals surface area contributed by atoms with Crippen molar-refractivity contribution in [3.63, 3.8) is 0 Å². The fourth-order valence-corrected chi connectivity index (χ4v) is 4.37. The molecule has 37 heavy (non-hydrogen) atoms. The summed E-state index contributed by atoms with van der Waals surface area (Å²) in [5, 5.41) is 15.0. The number of tetrazole rings is 1. The molecule has 0 aliphatic carbocycles. The number of carbonyl (C=O) groups is 1. The number of amides is 1. The van der Waals surface area contributed by atoms with Crippen LogP contribution in [0.4, 0.5) is 17.3 Å². The van der Waals surface area contributed by atoms with Gasteiger partial charge in [-0.15, -0.1) is 5.10 Å². The molecule has 0 saturated carbocycles. The molecule has 1 aliphatic rings. The number of hydrogen-bond acceptors (Lipinski definition) is 10. The molecule has 1 fully saturated rings. The summed E-state index contributed by atoms with van der Waals surface area (Å²) in [5.41, 5.74) is 2.04. The molecule has 0 radical (unpaired) electrons. The maximum absolute atomic E-state index is 12.0. The molecule has 13 heteroatoms. The van der Waals surface area contributed by atoms with E-state index in [1.807, 2.05) is 25.2 Å². The Hall–Kier alpha value is -4.32. The van der Waals surface area contributed by atoms with E-state index in [1.165, 1.54) is 17.1 Å². The van der Waals surface area contributed by atoms with Crippen molar-refractivity contribution in [2.45, 2.75) is 19.1 Å². The summed E-state index contributed by atoms with van der Waals surface area (Å²) in [5.74, 6) is 2.34. The van der Waals surface area contributed by atoms with Crippen molar-refractivity contribution in [1.29, 1.82) is 0 Å². The van der Waals surface area contributed by atoms with Gasteiger partial charge in [-0.2, -0.15) is 0 Å². The van der Waals surface area contributed by atoms with E-state index in [0.717, 1.165) is 12.2 Å². The first-order valence-corrected chi connectivity index (χ1v) is 12.0. The Labute approximate surface area is 217 Å². The van der Waals surface area contributed by atoms with Crippen LogP contribution in [0.3, 0.4) is 0 Å². The molecule has 1 aromatic carbocycles. The van der Waals surface area contributed by atoms with Gasteiger partial charge in [0.25, 0.3) is 0 Å². The van der Waals surface area contributed by atoms with E-state index in [-0.39, 0.29) is 18.6 Å².